The zero-order valence-electron chi connectivity index (χ0n) is 18.9. The molecule has 0 saturated heterocycles. The zero-order valence-corrected chi connectivity index (χ0v) is 18.9. The monoisotopic (exact) mass is 462 g/mol. The minimum Gasteiger partial charge on any atom is -0.457 e. The Labute approximate surface area is 202 Å². The van der Waals surface area contributed by atoms with Crippen LogP contribution in [0.15, 0.2) is 104 Å². The third kappa shape index (κ3) is 5.51. The number of aryl methyl sites for hydroxylation is 1. The summed E-state index contributed by atoms with van der Waals surface area (Å²) in [4.78, 5) is 25.6. The van der Waals surface area contributed by atoms with Crippen molar-refractivity contribution >= 4 is 23.1 Å². The van der Waals surface area contributed by atoms with Crippen LogP contribution in [-0.2, 0) is 0 Å². The van der Waals surface area contributed by atoms with Crippen LogP contribution in [0.25, 0.3) is 5.82 Å². The molecule has 0 aliphatic carbocycles. The molecule has 0 saturated carbocycles. The lowest BCUT2D eigenvalue weighted by Crippen LogP contribution is -2.11. The molecule has 2 heterocycles. The minimum atomic E-state index is -0.201. The molecule has 0 aliphatic heterocycles. The van der Waals surface area contributed by atoms with Crippen LogP contribution in [0, 0.1) is 6.92 Å². The summed E-state index contributed by atoms with van der Waals surface area (Å²) in [5, 5.41) is 6.19. The van der Waals surface area contributed by atoms with E-state index in [1.807, 2.05) is 78.4 Å². The van der Waals surface area contributed by atoms with Crippen molar-refractivity contribution in [2.45, 2.75) is 6.92 Å². The summed E-state index contributed by atoms with van der Waals surface area (Å²) < 4.78 is 7.60. The van der Waals surface area contributed by atoms with Gasteiger partial charge in [-0.25, -0.2) is 15.0 Å². The normalized spacial score (nSPS) is 10.5. The summed E-state index contributed by atoms with van der Waals surface area (Å²) in [5.41, 5.74) is 2.05. The molecule has 0 radical (unpaired) electrons. The predicted octanol–water partition coefficient (Wildman–Crippen LogP) is 5.76. The third-order valence-electron chi connectivity index (χ3n) is 5.10. The van der Waals surface area contributed by atoms with E-state index < -0.39 is 0 Å². The van der Waals surface area contributed by atoms with E-state index >= 15 is 0 Å². The second kappa shape index (κ2) is 9.88. The van der Waals surface area contributed by atoms with E-state index in [1.54, 1.807) is 36.8 Å². The second-order valence-corrected chi connectivity index (χ2v) is 7.72. The molecule has 0 spiro atoms. The fourth-order valence-corrected chi connectivity index (χ4v) is 3.43. The maximum atomic E-state index is 12.7. The highest BCUT2D eigenvalue weighted by Crippen LogP contribution is 2.23. The van der Waals surface area contributed by atoms with E-state index in [0.29, 0.717) is 28.6 Å². The van der Waals surface area contributed by atoms with Crippen molar-refractivity contribution < 1.29 is 9.53 Å². The van der Waals surface area contributed by atoms with Crippen LogP contribution in [0.1, 0.15) is 16.2 Å². The van der Waals surface area contributed by atoms with Gasteiger partial charge in [0.05, 0.1) is 0 Å². The number of amides is 1. The van der Waals surface area contributed by atoms with Crippen molar-refractivity contribution in [3.05, 3.63) is 115 Å². The van der Waals surface area contributed by atoms with Crippen LogP contribution in [0.2, 0.25) is 0 Å². The fraction of sp³-hybridized carbons (Fsp3) is 0.0370. The van der Waals surface area contributed by atoms with Crippen LogP contribution in [0.3, 0.4) is 0 Å². The first kappa shape index (κ1) is 21.8. The Morgan fingerprint density at radius 3 is 2.29 bits per heavy atom. The van der Waals surface area contributed by atoms with Crippen molar-refractivity contribution in [1.29, 1.82) is 0 Å². The summed E-state index contributed by atoms with van der Waals surface area (Å²) in [6.07, 6.45) is 5.21. The van der Waals surface area contributed by atoms with Crippen molar-refractivity contribution in [1.82, 2.24) is 19.5 Å². The molecule has 0 aliphatic rings. The average molecular weight is 463 g/mol. The van der Waals surface area contributed by atoms with Gasteiger partial charge >= 0.3 is 0 Å². The van der Waals surface area contributed by atoms with Crippen LogP contribution >= 0.6 is 0 Å². The molecule has 8 heteroatoms. The molecule has 2 N–H and O–H groups in total. The van der Waals surface area contributed by atoms with E-state index in [1.165, 1.54) is 0 Å². The van der Waals surface area contributed by atoms with Crippen molar-refractivity contribution in [3.8, 4) is 17.3 Å². The third-order valence-corrected chi connectivity index (χ3v) is 5.10. The summed E-state index contributed by atoms with van der Waals surface area (Å²) in [6, 6.07) is 25.8. The van der Waals surface area contributed by atoms with Gasteiger partial charge in [0.25, 0.3) is 5.91 Å². The second-order valence-electron chi connectivity index (χ2n) is 7.72. The maximum Gasteiger partial charge on any atom is 0.255 e. The number of aromatic nitrogens is 4. The van der Waals surface area contributed by atoms with E-state index in [4.69, 9.17) is 4.74 Å². The lowest BCUT2D eigenvalue weighted by Gasteiger charge is -2.10. The number of nitrogens with zero attached hydrogens (tertiary/aromatic N) is 4. The Hall–Kier alpha value is -4.98. The molecule has 172 valence electrons. The van der Waals surface area contributed by atoms with Gasteiger partial charge in [-0.1, -0.05) is 18.2 Å². The molecule has 35 heavy (non-hydrogen) atoms. The van der Waals surface area contributed by atoms with Crippen molar-refractivity contribution in [2.75, 3.05) is 10.6 Å². The molecule has 0 bridgehead atoms. The van der Waals surface area contributed by atoms with Crippen LogP contribution in [0.4, 0.5) is 17.2 Å². The zero-order chi connectivity index (χ0) is 24.0. The van der Waals surface area contributed by atoms with Gasteiger partial charge in [0, 0.05) is 35.4 Å². The molecule has 0 atom stereocenters. The quantitative estimate of drug-likeness (QED) is 0.319. The number of hydrogen-bond donors (Lipinski definition) is 2. The first-order chi connectivity index (χ1) is 17.1. The molecule has 5 aromatic rings. The predicted molar refractivity (Wildman–Crippen MR) is 135 cm³/mol. The maximum absolute atomic E-state index is 12.7. The number of anilines is 3. The van der Waals surface area contributed by atoms with E-state index in [2.05, 4.69) is 25.6 Å². The number of ether oxygens (including phenoxy) is 1. The number of carbonyl (C=O) groups excluding carboxylic acids is 1. The molecule has 0 fully saturated rings. The van der Waals surface area contributed by atoms with Crippen LogP contribution in [0.5, 0.6) is 11.5 Å². The fourth-order valence-electron chi connectivity index (χ4n) is 3.43. The highest BCUT2D eigenvalue weighted by atomic mass is 16.5. The summed E-state index contributed by atoms with van der Waals surface area (Å²) in [5.74, 6) is 3.24. The van der Waals surface area contributed by atoms with Crippen LogP contribution in [-0.4, -0.2) is 25.4 Å². The van der Waals surface area contributed by atoms with E-state index in [9.17, 15) is 4.79 Å². The number of carbonyl (C=O) groups is 1. The molecular formula is C27H22N6O2. The summed E-state index contributed by atoms with van der Waals surface area (Å²) >= 11 is 0. The van der Waals surface area contributed by atoms with Gasteiger partial charge in [0.15, 0.2) is 0 Å². The molecule has 2 aromatic heterocycles. The first-order valence-corrected chi connectivity index (χ1v) is 11.0. The standard InChI is InChI=1S/C27H22N6O2/c1-19-29-25(17-26(30-19)33-16-15-28-18-33)31-21-9-11-22(12-10-21)32-27(34)20-7-13-24(14-8-20)35-23-5-3-2-4-6-23/h2-18H,1H3,(H,32,34)(H,29,30,31). The molecular weight excluding hydrogens is 440 g/mol. The minimum absolute atomic E-state index is 0.201. The van der Waals surface area contributed by atoms with Gasteiger partial charge in [0.2, 0.25) is 0 Å². The molecule has 5 rings (SSSR count). The average Bonchev–Trinajstić information content (AvgIpc) is 3.41. The van der Waals surface area contributed by atoms with Crippen LogP contribution < -0.4 is 15.4 Å². The van der Waals surface area contributed by atoms with Gasteiger partial charge in [-0.3, -0.25) is 9.36 Å². The highest BCUT2D eigenvalue weighted by Gasteiger charge is 2.08. The van der Waals surface area contributed by atoms with E-state index in [0.717, 1.165) is 17.3 Å². The van der Waals surface area contributed by atoms with Gasteiger partial charge < -0.3 is 15.4 Å². The lowest BCUT2D eigenvalue weighted by atomic mass is 10.2. The Bertz CT molecular complexity index is 1420. The van der Waals surface area contributed by atoms with Gasteiger partial charge in [0.1, 0.15) is 35.3 Å². The van der Waals surface area contributed by atoms with Crippen molar-refractivity contribution in [3.63, 3.8) is 0 Å². The highest BCUT2D eigenvalue weighted by molar-refractivity contribution is 6.04. The summed E-state index contributed by atoms with van der Waals surface area (Å²) in [6.45, 7) is 1.84. The van der Waals surface area contributed by atoms with E-state index in [-0.39, 0.29) is 5.91 Å². The number of hydrogen-bond acceptors (Lipinski definition) is 6. The number of para-hydroxylation sites is 1. The lowest BCUT2D eigenvalue weighted by molar-refractivity contribution is 0.102. The SMILES string of the molecule is Cc1nc(Nc2ccc(NC(=O)c3ccc(Oc4ccccc4)cc3)cc2)cc(-n2ccnc2)n1. The smallest absolute Gasteiger partial charge is 0.255 e. The Kier molecular flexibility index (Phi) is 6.17. The van der Waals surface area contributed by atoms with Gasteiger partial charge in [-0.2, -0.15) is 0 Å². The Balaban J connectivity index is 1.21. The first-order valence-electron chi connectivity index (χ1n) is 11.0. The molecule has 8 nitrogen and oxygen atoms in total. The Morgan fingerprint density at radius 2 is 1.57 bits per heavy atom. The number of imidazole rings is 1. The van der Waals surface area contributed by atoms with Gasteiger partial charge in [-0.05, 0) is 67.6 Å². The largest absolute Gasteiger partial charge is 0.457 e. The topological polar surface area (TPSA) is 94.0 Å². The number of rotatable bonds is 7. The molecule has 1 amide bonds. The summed E-state index contributed by atoms with van der Waals surface area (Å²) in [7, 11) is 0. The molecule has 0 unspecified atom stereocenters. The number of benzene rings is 3. The Morgan fingerprint density at radius 1 is 0.857 bits per heavy atom. The van der Waals surface area contributed by atoms with Crippen molar-refractivity contribution in [2.24, 2.45) is 0 Å². The molecule has 3 aromatic carbocycles. The number of nitrogens with one attached hydrogen (secondary N) is 2. The van der Waals surface area contributed by atoms with Gasteiger partial charge in [-0.15, -0.1) is 0 Å².